The molecule has 0 spiro atoms. The SMILES string of the molecule is Cc1cc(C)c(-c2ccccc2)c(C)c1C(=O)OP(=O)(O)O.[LiH]. The number of hydrogen-bond acceptors (Lipinski definition) is 3. The monoisotopic (exact) mass is 328 g/mol. The Labute approximate surface area is 147 Å². The van der Waals surface area contributed by atoms with Gasteiger partial charge in [0.25, 0.3) is 0 Å². The van der Waals surface area contributed by atoms with Crippen LogP contribution in [0.15, 0.2) is 36.4 Å². The molecule has 0 aliphatic rings. The summed E-state index contributed by atoms with van der Waals surface area (Å²) >= 11 is 0. The minimum absolute atomic E-state index is 0. The van der Waals surface area contributed by atoms with Gasteiger partial charge in [-0.1, -0.05) is 36.4 Å². The van der Waals surface area contributed by atoms with Crippen molar-refractivity contribution in [3.63, 3.8) is 0 Å². The summed E-state index contributed by atoms with van der Waals surface area (Å²) in [4.78, 5) is 29.8. The minimum atomic E-state index is -4.88. The molecule has 2 rings (SSSR count). The number of phosphoric acid groups is 1. The maximum absolute atomic E-state index is 12.1. The molecule has 118 valence electrons. The molecule has 0 fully saturated rings. The van der Waals surface area contributed by atoms with Gasteiger partial charge in [-0.15, -0.1) is 0 Å². The van der Waals surface area contributed by atoms with Gasteiger partial charge < -0.3 is 4.52 Å². The Bertz CT molecular complexity index is 768. The summed E-state index contributed by atoms with van der Waals surface area (Å²) in [7, 11) is -4.88. The van der Waals surface area contributed by atoms with E-state index in [-0.39, 0.29) is 24.4 Å². The van der Waals surface area contributed by atoms with Crippen LogP contribution in [0.2, 0.25) is 0 Å². The summed E-state index contributed by atoms with van der Waals surface area (Å²) in [5.41, 5.74) is 4.23. The van der Waals surface area contributed by atoms with Crippen LogP contribution in [0.5, 0.6) is 0 Å². The first kappa shape index (κ1) is 19.7. The predicted octanol–water partition coefficient (Wildman–Crippen LogP) is 2.88. The zero-order valence-corrected chi connectivity index (χ0v) is 13.4. The van der Waals surface area contributed by atoms with E-state index >= 15 is 0 Å². The molecule has 0 aromatic heterocycles. The van der Waals surface area contributed by atoms with E-state index in [1.54, 1.807) is 13.8 Å². The second kappa shape index (κ2) is 7.48. The van der Waals surface area contributed by atoms with Gasteiger partial charge in [0, 0.05) is 0 Å². The summed E-state index contributed by atoms with van der Waals surface area (Å²) in [5, 5.41) is 0. The number of benzene rings is 2. The van der Waals surface area contributed by atoms with Crippen molar-refractivity contribution in [1.82, 2.24) is 0 Å². The van der Waals surface area contributed by atoms with Gasteiger partial charge in [-0.05, 0) is 48.6 Å². The first-order chi connectivity index (χ1) is 10.2. The molecule has 2 N–H and O–H groups in total. The fourth-order valence-electron chi connectivity index (χ4n) is 2.70. The molecule has 23 heavy (non-hydrogen) atoms. The first-order valence-corrected chi connectivity index (χ1v) is 8.19. The second-order valence-corrected chi connectivity index (χ2v) is 6.28. The van der Waals surface area contributed by atoms with Crippen molar-refractivity contribution < 1.29 is 23.7 Å². The van der Waals surface area contributed by atoms with Gasteiger partial charge in [0.1, 0.15) is 0 Å². The van der Waals surface area contributed by atoms with Crippen molar-refractivity contribution in [2.75, 3.05) is 0 Å². The summed E-state index contributed by atoms with van der Waals surface area (Å²) in [5.74, 6) is -1.01. The molecular formula is C16H18LiO5P. The summed E-state index contributed by atoms with van der Waals surface area (Å²) in [6.45, 7) is 5.39. The van der Waals surface area contributed by atoms with E-state index in [1.165, 1.54) is 0 Å². The number of carbonyl (C=O) groups excluding carboxylic acids is 1. The van der Waals surface area contributed by atoms with Crippen LogP contribution in [0, 0.1) is 20.8 Å². The molecule has 0 amide bonds. The van der Waals surface area contributed by atoms with Gasteiger partial charge in [-0.2, -0.15) is 0 Å². The Balaban J connectivity index is 0.00000264. The molecule has 7 heteroatoms. The zero-order valence-electron chi connectivity index (χ0n) is 12.5. The standard InChI is InChI=1S/C16H17O5P.Li.H/c1-10-9-11(2)15(16(17)21-22(18,19)20)12(3)14(10)13-7-5-4-6-8-13;;/h4-9H,1-3H3,(H2,18,19,20);;. The molecule has 0 aliphatic carbocycles. The normalized spacial score (nSPS) is 10.8. The van der Waals surface area contributed by atoms with E-state index in [0.29, 0.717) is 11.1 Å². The first-order valence-electron chi connectivity index (χ1n) is 6.66. The number of phosphoric ester groups is 1. The van der Waals surface area contributed by atoms with E-state index in [1.807, 2.05) is 43.3 Å². The van der Waals surface area contributed by atoms with E-state index in [9.17, 15) is 9.36 Å². The van der Waals surface area contributed by atoms with E-state index in [0.717, 1.165) is 16.7 Å². The van der Waals surface area contributed by atoms with E-state index in [4.69, 9.17) is 9.79 Å². The van der Waals surface area contributed by atoms with Crippen LogP contribution in [-0.4, -0.2) is 34.6 Å². The predicted molar refractivity (Wildman–Crippen MR) is 90.7 cm³/mol. The van der Waals surface area contributed by atoms with Crippen LogP contribution >= 0.6 is 7.82 Å². The Morgan fingerprint density at radius 1 is 1.04 bits per heavy atom. The van der Waals surface area contributed by atoms with Crippen molar-refractivity contribution >= 4 is 32.7 Å². The Hall–Kier alpha value is -1.34. The molecule has 0 atom stereocenters. The second-order valence-electron chi connectivity index (χ2n) is 5.12. The van der Waals surface area contributed by atoms with Crippen LogP contribution in [-0.2, 0) is 9.09 Å². The maximum atomic E-state index is 12.1. The average molecular weight is 328 g/mol. The third-order valence-electron chi connectivity index (χ3n) is 3.44. The van der Waals surface area contributed by atoms with Crippen LogP contribution < -0.4 is 0 Å². The number of rotatable bonds is 3. The average Bonchev–Trinajstić information content (AvgIpc) is 2.36. The van der Waals surface area contributed by atoms with Crippen LogP contribution in [0.4, 0.5) is 0 Å². The number of carbonyl (C=O) groups is 1. The van der Waals surface area contributed by atoms with E-state index in [2.05, 4.69) is 4.52 Å². The fraction of sp³-hybridized carbons (Fsp3) is 0.188. The van der Waals surface area contributed by atoms with Crippen LogP contribution in [0.1, 0.15) is 27.0 Å². The summed E-state index contributed by atoms with van der Waals surface area (Å²) in [6, 6.07) is 11.3. The van der Waals surface area contributed by atoms with Gasteiger partial charge in [0.15, 0.2) is 0 Å². The number of aryl methyl sites for hydroxylation is 2. The fourth-order valence-corrected chi connectivity index (χ4v) is 3.01. The van der Waals surface area contributed by atoms with Gasteiger partial charge in [-0.25, -0.2) is 9.36 Å². The van der Waals surface area contributed by atoms with Gasteiger partial charge in [0.2, 0.25) is 0 Å². The molecule has 2 aromatic carbocycles. The van der Waals surface area contributed by atoms with Crippen molar-refractivity contribution in [2.24, 2.45) is 0 Å². The van der Waals surface area contributed by atoms with Gasteiger partial charge in [0.05, 0.1) is 5.56 Å². The third kappa shape index (κ3) is 4.57. The summed E-state index contributed by atoms with van der Waals surface area (Å²) in [6.07, 6.45) is 0. The third-order valence-corrected chi connectivity index (χ3v) is 3.84. The molecule has 0 aliphatic heterocycles. The van der Waals surface area contributed by atoms with E-state index < -0.39 is 13.8 Å². The van der Waals surface area contributed by atoms with Crippen LogP contribution in [0.25, 0.3) is 11.1 Å². The Morgan fingerprint density at radius 2 is 1.61 bits per heavy atom. The van der Waals surface area contributed by atoms with Crippen molar-refractivity contribution in [1.29, 1.82) is 0 Å². The quantitative estimate of drug-likeness (QED) is 0.668. The van der Waals surface area contributed by atoms with Crippen molar-refractivity contribution in [2.45, 2.75) is 20.8 Å². The van der Waals surface area contributed by atoms with Crippen molar-refractivity contribution in [3.05, 3.63) is 58.7 Å². The molecule has 0 heterocycles. The molecule has 2 aromatic rings. The van der Waals surface area contributed by atoms with Gasteiger partial charge >= 0.3 is 32.7 Å². The molecule has 0 unspecified atom stereocenters. The summed E-state index contributed by atoms with van der Waals surface area (Å²) < 4.78 is 15.2. The molecule has 0 radical (unpaired) electrons. The Kier molecular flexibility index (Phi) is 6.41. The topological polar surface area (TPSA) is 83.8 Å². The van der Waals surface area contributed by atoms with Crippen molar-refractivity contribution in [3.8, 4) is 11.1 Å². The molecular weight excluding hydrogens is 310 g/mol. The molecule has 0 saturated carbocycles. The number of hydrogen-bond donors (Lipinski definition) is 2. The molecule has 0 saturated heterocycles. The van der Waals surface area contributed by atoms with Crippen LogP contribution in [0.3, 0.4) is 0 Å². The Morgan fingerprint density at radius 3 is 2.13 bits per heavy atom. The zero-order chi connectivity index (χ0) is 16.5. The molecule has 5 nitrogen and oxygen atoms in total. The molecule has 0 bridgehead atoms. The van der Waals surface area contributed by atoms with Gasteiger partial charge in [-0.3, -0.25) is 9.79 Å².